The first-order valence-corrected chi connectivity index (χ1v) is 20.9. The minimum Gasteiger partial charge on any atom is -0.386 e. The molecule has 0 spiro atoms. The average Bonchev–Trinajstić information content (AvgIpc) is 2.89. The van der Waals surface area contributed by atoms with E-state index in [9.17, 15) is 0 Å². The van der Waals surface area contributed by atoms with Crippen LogP contribution in [0.4, 0.5) is 0 Å². The molecule has 0 heterocycles. The Bertz CT molecular complexity index is 1590. The normalized spacial score (nSPS) is 13.6. The molecule has 3 N–H and O–H groups in total. The molecule has 8 nitrogen and oxygen atoms in total. The lowest BCUT2D eigenvalue weighted by atomic mass is 9.80. The molecule has 0 aliphatic heterocycles. The van der Waals surface area contributed by atoms with Gasteiger partial charge in [-0.15, -0.1) is 0 Å². The van der Waals surface area contributed by atoms with Gasteiger partial charge in [-0.05, 0) is 67.4 Å². The monoisotopic (exact) mass is 760 g/mol. The average molecular weight is 761 g/mol. The summed E-state index contributed by atoms with van der Waals surface area (Å²) in [6.07, 6.45) is 0. The van der Waals surface area contributed by atoms with E-state index in [1.54, 1.807) is 0 Å². The van der Waals surface area contributed by atoms with Crippen LogP contribution in [0.1, 0.15) is 158 Å². The smallest absolute Gasteiger partial charge is 0.386 e. The maximum atomic E-state index is 15.3. The van der Waals surface area contributed by atoms with Gasteiger partial charge < -0.3 is 28.3 Å². The Morgan fingerprint density at radius 3 is 0.731 bits per heavy atom. The van der Waals surface area contributed by atoms with E-state index in [-0.39, 0.29) is 32.5 Å². The Kier molecular flexibility index (Phi) is 13.4. The fraction of sp³-hybridized carbons (Fsp3) is 0.571. The van der Waals surface area contributed by atoms with Crippen LogP contribution in [0.15, 0.2) is 54.6 Å². The lowest BCUT2D eigenvalue weighted by molar-refractivity contribution is 0.275. The van der Waals surface area contributed by atoms with Crippen molar-refractivity contribution in [2.75, 3.05) is 0 Å². The fourth-order valence-electron chi connectivity index (χ4n) is 5.40. The first-order valence-electron chi connectivity index (χ1n) is 17.8. The second kappa shape index (κ2) is 15.3. The van der Waals surface area contributed by atoms with Gasteiger partial charge in [0, 0.05) is 16.7 Å². The highest BCUT2D eigenvalue weighted by molar-refractivity contribution is 7.49. The Morgan fingerprint density at radius 2 is 0.577 bits per heavy atom. The Balaban J connectivity index is 0.00000175. The minimum absolute atomic E-state index is 0.0674. The van der Waals surface area contributed by atoms with Gasteiger partial charge in [-0.25, -0.2) is 4.57 Å². The zero-order valence-corrected chi connectivity index (χ0v) is 36.8. The summed E-state index contributed by atoms with van der Waals surface area (Å²) in [5, 5.41) is 0. The molecule has 0 saturated heterocycles. The van der Waals surface area contributed by atoms with Crippen molar-refractivity contribution in [1.29, 1.82) is 0 Å². The maximum Gasteiger partial charge on any atom is 0.647 e. The van der Waals surface area contributed by atoms with Gasteiger partial charge in [-0.1, -0.05) is 161 Å². The number of benzene rings is 3. The second-order valence-electron chi connectivity index (χ2n) is 19.9. The van der Waals surface area contributed by atoms with Crippen LogP contribution in [0.2, 0.25) is 0 Å². The van der Waals surface area contributed by atoms with Gasteiger partial charge in [0.15, 0.2) is 0 Å². The van der Waals surface area contributed by atoms with Gasteiger partial charge in [0.1, 0.15) is 17.2 Å². The molecule has 0 aliphatic carbocycles. The number of phosphoric acid groups is 2. The lowest BCUT2D eigenvalue weighted by Crippen LogP contribution is -2.21. The number of phosphoric ester groups is 1. The van der Waals surface area contributed by atoms with E-state index in [4.69, 9.17) is 32.8 Å². The fourth-order valence-corrected chi connectivity index (χ4v) is 6.72. The van der Waals surface area contributed by atoms with Gasteiger partial charge in [-0.2, -0.15) is 4.57 Å². The van der Waals surface area contributed by atoms with Crippen LogP contribution < -0.4 is 13.6 Å². The lowest BCUT2D eigenvalue weighted by Gasteiger charge is -2.31. The molecule has 0 amide bonds. The standard InChI is InChI=1S/C42H63O4P.H3O4P/c1-37(2,3)28-19-22-34(31(25-28)40(10,11)12)44-47(43,45-35-23-20-29(38(4,5)6)26-32(35)41(13,14)15)46-36-24-21-30(39(7,8)9)27-33(36)42(16,17)18;1-5(2,3)4/h19-27H,1-18H3;(H3,1,2,3,4). The molecule has 3 aromatic carbocycles. The van der Waals surface area contributed by atoms with E-state index in [0.717, 1.165) is 16.7 Å². The van der Waals surface area contributed by atoms with Crippen molar-refractivity contribution in [3.63, 3.8) is 0 Å². The van der Waals surface area contributed by atoms with E-state index in [0.29, 0.717) is 17.2 Å². The highest BCUT2D eigenvalue weighted by atomic mass is 31.2. The molecular formula is C42H66O8P2. The van der Waals surface area contributed by atoms with Crippen LogP contribution in [-0.4, -0.2) is 14.7 Å². The van der Waals surface area contributed by atoms with Gasteiger partial charge in [0.05, 0.1) is 0 Å². The number of hydrogen-bond donors (Lipinski definition) is 3. The van der Waals surface area contributed by atoms with Crippen LogP contribution in [0.5, 0.6) is 17.2 Å². The molecule has 0 aromatic heterocycles. The molecule has 0 atom stereocenters. The SMILES string of the molecule is CC(C)(C)c1ccc(OP(=O)(Oc2ccc(C(C)(C)C)cc2C(C)(C)C)Oc2ccc(C(C)(C)C)cc2C(C)(C)C)c(C(C)(C)C)c1.O=P(O)(O)O. The molecule has 0 saturated carbocycles. The number of rotatable bonds is 6. The summed E-state index contributed by atoms with van der Waals surface area (Å²) in [5.41, 5.74) is 5.26. The molecule has 0 bridgehead atoms. The predicted octanol–water partition coefficient (Wildman–Crippen LogP) is 12.2. The topological polar surface area (TPSA) is 123 Å². The van der Waals surface area contributed by atoms with Gasteiger partial charge in [-0.3, -0.25) is 0 Å². The molecule has 3 rings (SSSR count). The quantitative estimate of drug-likeness (QED) is 0.212. The minimum atomic E-state index is -4.64. The molecule has 52 heavy (non-hydrogen) atoms. The third-order valence-corrected chi connectivity index (χ3v) is 9.85. The molecule has 0 fully saturated rings. The maximum absolute atomic E-state index is 15.3. The molecule has 0 unspecified atom stereocenters. The summed E-state index contributed by atoms with van der Waals surface area (Å²) in [7, 11) is -8.98. The van der Waals surface area contributed by atoms with Crippen molar-refractivity contribution in [3.8, 4) is 17.2 Å². The van der Waals surface area contributed by atoms with Crippen molar-refractivity contribution in [2.24, 2.45) is 0 Å². The Labute approximate surface area is 314 Å². The van der Waals surface area contributed by atoms with Crippen molar-refractivity contribution in [2.45, 2.75) is 157 Å². The van der Waals surface area contributed by atoms with E-state index in [2.05, 4.69) is 143 Å². The zero-order chi connectivity index (χ0) is 40.7. The van der Waals surface area contributed by atoms with Gasteiger partial charge >= 0.3 is 15.6 Å². The van der Waals surface area contributed by atoms with Crippen LogP contribution in [0.3, 0.4) is 0 Å². The van der Waals surface area contributed by atoms with Crippen molar-refractivity contribution < 1.29 is 37.4 Å². The van der Waals surface area contributed by atoms with Crippen LogP contribution in [0, 0.1) is 0 Å². The summed E-state index contributed by atoms with van der Waals surface area (Å²) >= 11 is 0. The van der Waals surface area contributed by atoms with E-state index in [1.807, 2.05) is 36.4 Å². The number of hydrogen-bond acceptors (Lipinski definition) is 5. The van der Waals surface area contributed by atoms with Gasteiger partial charge in [0.25, 0.3) is 0 Å². The summed E-state index contributed by atoms with van der Waals surface area (Å²) in [6, 6.07) is 18.4. The third kappa shape index (κ3) is 13.4. The van der Waals surface area contributed by atoms with Gasteiger partial charge in [0.2, 0.25) is 0 Å². The molecular weight excluding hydrogens is 694 g/mol. The van der Waals surface area contributed by atoms with E-state index in [1.165, 1.54) is 16.7 Å². The van der Waals surface area contributed by atoms with Crippen molar-refractivity contribution in [3.05, 3.63) is 88.0 Å². The first kappa shape index (κ1) is 45.6. The first-order chi connectivity index (χ1) is 22.9. The van der Waals surface area contributed by atoms with Crippen LogP contribution >= 0.6 is 15.6 Å². The molecule has 3 aromatic rings. The predicted molar refractivity (Wildman–Crippen MR) is 215 cm³/mol. The Morgan fingerprint density at radius 1 is 0.385 bits per heavy atom. The summed E-state index contributed by atoms with van der Waals surface area (Å²) in [4.78, 5) is 21.6. The van der Waals surface area contributed by atoms with Crippen molar-refractivity contribution >= 4 is 15.6 Å². The van der Waals surface area contributed by atoms with Crippen LogP contribution in [0.25, 0.3) is 0 Å². The van der Waals surface area contributed by atoms with E-state index < -0.39 is 15.6 Å². The highest BCUT2D eigenvalue weighted by Gasteiger charge is 2.39. The largest absolute Gasteiger partial charge is 0.647 e. The molecule has 0 aliphatic rings. The Hall–Kier alpha value is -2.60. The summed E-state index contributed by atoms with van der Waals surface area (Å²) < 4.78 is 43.9. The molecule has 10 heteroatoms. The molecule has 0 radical (unpaired) electrons. The van der Waals surface area contributed by atoms with Crippen molar-refractivity contribution in [1.82, 2.24) is 0 Å². The summed E-state index contributed by atoms with van der Waals surface area (Å²) in [5.74, 6) is 1.46. The second-order valence-corrected chi connectivity index (χ2v) is 22.3. The van der Waals surface area contributed by atoms with Crippen LogP contribution in [-0.2, 0) is 41.6 Å². The zero-order valence-electron chi connectivity index (χ0n) is 35.0. The molecule has 292 valence electrons. The highest BCUT2D eigenvalue weighted by Crippen LogP contribution is 2.55. The van der Waals surface area contributed by atoms with E-state index >= 15 is 4.57 Å². The summed E-state index contributed by atoms with van der Waals surface area (Å²) in [6.45, 7) is 39.0. The third-order valence-electron chi connectivity index (χ3n) is 8.59.